The van der Waals surface area contributed by atoms with Crippen LogP contribution in [0, 0.1) is 5.82 Å². The summed E-state index contributed by atoms with van der Waals surface area (Å²) in [5, 5.41) is 4.12. The Kier molecular flexibility index (Phi) is 3.59. The third-order valence-electron chi connectivity index (χ3n) is 2.66. The van der Waals surface area contributed by atoms with E-state index in [1.54, 1.807) is 23.0 Å². The SMILES string of the molecule is Cn1ncc(Br)c1C(N)Cc1ccc(F)cc1. The Morgan fingerprint density at radius 3 is 2.59 bits per heavy atom. The van der Waals surface area contributed by atoms with Gasteiger partial charge in [-0.3, -0.25) is 4.68 Å². The van der Waals surface area contributed by atoms with Crippen molar-refractivity contribution >= 4 is 15.9 Å². The molecule has 2 rings (SSSR count). The molecule has 0 aliphatic heterocycles. The highest BCUT2D eigenvalue weighted by Crippen LogP contribution is 2.23. The van der Waals surface area contributed by atoms with Crippen LogP contribution in [-0.4, -0.2) is 9.78 Å². The molecule has 5 heteroatoms. The van der Waals surface area contributed by atoms with Crippen LogP contribution < -0.4 is 5.73 Å². The first kappa shape index (κ1) is 12.3. The molecule has 1 atom stereocenters. The summed E-state index contributed by atoms with van der Waals surface area (Å²) in [5.74, 6) is -0.232. The Bertz CT molecular complexity index is 487. The molecule has 2 N–H and O–H groups in total. The normalized spacial score (nSPS) is 12.7. The van der Waals surface area contributed by atoms with Gasteiger partial charge in [0.05, 0.1) is 22.4 Å². The van der Waals surface area contributed by atoms with Crippen molar-refractivity contribution in [3.63, 3.8) is 0 Å². The Morgan fingerprint density at radius 1 is 1.41 bits per heavy atom. The van der Waals surface area contributed by atoms with Crippen LogP contribution in [0.15, 0.2) is 34.9 Å². The van der Waals surface area contributed by atoms with Crippen LogP contribution in [0.4, 0.5) is 4.39 Å². The molecule has 17 heavy (non-hydrogen) atoms. The lowest BCUT2D eigenvalue weighted by Gasteiger charge is -2.13. The zero-order valence-corrected chi connectivity index (χ0v) is 11.0. The van der Waals surface area contributed by atoms with Crippen molar-refractivity contribution in [3.8, 4) is 0 Å². The highest BCUT2D eigenvalue weighted by Gasteiger charge is 2.15. The molecule has 0 spiro atoms. The van der Waals surface area contributed by atoms with Gasteiger partial charge in [0.1, 0.15) is 5.82 Å². The van der Waals surface area contributed by atoms with E-state index in [2.05, 4.69) is 21.0 Å². The van der Waals surface area contributed by atoms with Gasteiger partial charge in [-0.25, -0.2) is 4.39 Å². The van der Waals surface area contributed by atoms with E-state index in [9.17, 15) is 4.39 Å². The van der Waals surface area contributed by atoms with Gasteiger partial charge in [-0.2, -0.15) is 5.10 Å². The maximum Gasteiger partial charge on any atom is 0.123 e. The number of benzene rings is 1. The quantitative estimate of drug-likeness (QED) is 0.946. The summed E-state index contributed by atoms with van der Waals surface area (Å²) >= 11 is 3.42. The van der Waals surface area contributed by atoms with Crippen LogP contribution in [0.3, 0.4) is 0 Å². The lowest BCUT2D eigenvalue weighted by atomic mass is 10.0. The Labute approximate surface area is 108 Å². The molecule has 0 amide bonds. The summed E-state index contributed by atoms with van der Waals surface area (Å²) in [6.07, 6.45) is 2.37. The van der Waals surface area contributed by atoms with Gasteiger partial charge in [-0.15, -0.1) is 0 Å². The van der Waals surface area contributed by atoms with Crippen molar-refractivity contribution in [1.29, 1.82) is 0 Å². The molecule has 3 nitrogen and oxygen atoms in total. The molecular formula is C12H13BrFN3. The summed E-state index contributed by atoms with van der Waals surface area (Å²) in [5.41, 5.74) is 8.07. The van der Waals surface area contributed by atoms with E-state index in [-0.39, 0.29) is 11.9 Å². The lowest BCUT2D eigenvalue weighted by Crippen LogP contribution is -2.17. The zero-order chi connectivity index (χ0) is 12.4. The van der Waals surface area contributed by atoms with Crippen molar-refractivity contribution in [2.75, 3.05) is 0 Å². The maximum absolute atomic E-state index is 12.8. The van der Waals surface area contributed by atoms with Gasteiger partial charge in [0.2, 0.25) is 0 Å². The molecule has 0 saturated heterocycles. The minimum atomic E-state index is -0.232. The highest BCUT2D eigenvalue weighted by molar-refractivity contribution is 9.10. The van der Waals surface area contributed by atoms with Crippen LogP contribution in [0.1, 0.15) is 17.3 Å². The van der Waals surface area contributed by atoms with Gasteiger partial charge in [0, 0.05) is 7.05 Å². The lowest BCUT2D eigenvalue weighted by molar-refractivity contribution is 0.609. The van der Waals surface area contributed by atoms with E-state index in [1.165, 1.54) is 12.1 Å². The molecule has 0 fully saturated rings. The fraction of sp³-hybridized carbons (Fsp3) is 0.250. The van der Waals surface area contributed by atoms with Gasteiger partial charge in [-0.1, -0.05) is 12.1 Å². The van der Waals surface area contributed by atoms with Gasteiger partial charge >= 0.3 is 0 Å². The zero-order valence-electron chi connectivity index (χ0n) is 9.40. The monoisotopic (exact) mass is 297 g/mol. The summed E-state index contributed by atoms with van der Waals surface area (Å²) in [6.45, 7) is 0. The Hall–Kier alpha value is -1.20. The van der Waals surface area contributed by atoms with Crippen molar-refractivity contribution in [3.05, 3.63) is 52.0 Å². The number of halogens is 2. The number of hydrogen-bond donors (Lipinski definition) is 1. The molecule has 90 valence electrons. The molecule has 0 radical (unpaired) electrons. The van der Waals surface area contributed by atoms with Crippen molar-refractivity contribution in [2.24, 2.45) is 12.8 Å². The molecule has 1 unspecified atom stereocenters. The molecular weight excluding hydrogens is 285 g/mol. The molecule has 0 aliphatic carbocycles. The van der Waals surface area contributed by atoms with Crippen LogP contribution >= 0.6 is 15.9 Å². The topological polar surface area (TPSA) is 43.8 Å². The molecule has 0 bridgehead atoms. The Balaban J connectivity index is 2.17. The first-order valence-corrected chi connectivity index (χ1v) is 6.04. The predicted molar refractivity (Wildman–Crippen MR) is 67.9 cm³/mol. The van der Waals surface area contributed by atoms with E-state index in [0.717, 1.165) is 15.7 Å². The minimum Gasteiger partial charge on any atom is -0.322 e. The number of aryl methyl sites for hydroxylation is 1. The van der Waals surface area contributed by atoms with Crippen molar-refractivity contribution < 1.29 is 4.39 Å². The van der Waals surface area contributed by atoms with E-state index in [1.807, 2.05) is 7.05 Å². The molecule has 1 aromatic heterocycles. The van der Waals surface area contributed by atoms with Gasteiger partial charge in [0.25, 0.3) is 0 Å². The maximum atomic E-state index is 12.8. The summed E-state index contributed by atoms with van der Waals surface area (Å²) in [4.78, 5) is 0. The van der Waals surface area contributed by atoms with Gasteiger partial charge in [-0.05, 0) is 40.0 Å². The highest BCUT2D eigenvalue weighted by atomic mass is 79.9. The molecule has 2 aromatic rings. The number of rotatable bonds is 3. The predicted octanol–water partition coefficient (Wildman–Crippen LogP) is 2.56. The van der Waals surface area contributed by atoms with E-state index in [4.69, 9.17) is 5.73 Å². The first-order chi connectivity index (χ1) is 8.08. The van der Waals surface area contributed by atoms with Crippen molar-refractivity contribution in [2.45, 2.75) is 12.5 Å². The summed E-state index contributed by atoms with van der Waals surface area (Å²) in [6, 6.07) is 6.22. The van der Waals surface area contributed by atoms with E-state index in [0.29, 0.717) is 6.42 Å². The summed E-state index contributed by atoms with van der Waals surface area (Å²) in [7, 11) is 1.85. The average Bonchev–Trinajstić information content (AvgIpc) is 2.62. The van der Waals surface area contributed by atoms with Gasteiger partial charge < -0.3 is 5.73 Å². The molecule has 1 heterocycles. The second-order valence-corrected chi connectivity index (χ2v) is 4.79. The fourth-order valence-corrected chi connectivity index (χ4v) is 2.45. The number of nitrogens with zero attached hydrogens (tertiary/aromatic N) is 2. The number of hydrogen-bond acceptors (Lipinski definition) is 2. The standard InChI is InChI=1S/C12H13BrFN3/c1-17-12(10(13)7-16-17)11(15)6-8-2-4-9(14)5-3-8/h2-5,7,11H,6,15H2,1H3. The number of nitrogens with two attached hydrogens (primary N) is 1. The second-order valence-electron chi connectivity index (χ2n) is 3.94. The van der Waals surface area contributed by atoms with Crippen LogP contribution in [-0.2, 0) is 13.5 Å². The van der Waals surface area contributed by atoms with Crippen molar-refractivity contribution in [1.82, 2.24) is 9.78 Å². The largest absolute Gasteiger partial charge is 0.322 e. The molecule has 0 saturated carbocycles. The second kappa shape index (κ2) is 4.98. The third-order valence-corrected chi connectivity index (χ3v) is 3.27. The molecule has 1 aromatic carbocycles. The summed E-state index contributed by atoms with van der Waals surface area (Å²) < 4.78 is 15.4. The van der Waals surface area contributed by atoms with Crippen LogP contribution in [0.25, 0.3) is 0 Å². The van der Waals surface area contributed by atoms with E-state index >= 15 is 0 Å². The Morgan fingerprint density at radius 2 is 2.06 bits per heavy atom. The third kappa shape index (κ3) is 2.73. The smallest absolute Gasteiger partial charge is 0.123 e. The van der Waals surface area contributed by atoms with E-state index < -0.39 is 0 Å². The van der Waals surface area contributed by atoms with Crippen LogP contribution in [0.5, 0.6) is 0 Å². The molecule has 0 aliphatic rings. The first-order valence-electron chi connectivity index (χ1n) is 5.25. The minimum absolute atomic E-state index is 0.165. The fourth-order valence-electron chi connectivity index (χ4n) is 1.81. The van der Waals surface area contributed by atoms with Crippen LogP contribution in [0.2, 0.25) is 0 Å². The average molecular weight is 298 g/mol. The number of aromatic nitrogens is 2. The van der Waals surface area contributed by atoms with Gasteiger partial charge in [0.15, 0.2) is 0 Å².